The van der Waals surface area contributed by atoms with E-state index in [-0.39, 0.29) is 5.91 Å². The number of benzene rings is 1. The van der Waals surface area contributed by atoms with E-state index in [1.165, 1.54) is 17.1 Å². The highest BCUT2D eigenvalue weighted by Gasteiger charge is 2.23. The van der Waals surface area contributed by atoms with Crippen molar-refractivity contribution in [2.24, 2.45) is 0 Å². The Balaban J connectivity index is 1.56. The Labute approximate surface area is 129 Å². The van der Waals surface area contributed by atoms with E-state index in [4.69, 9.17) is 0 Å². The number of nitrogens with zero attached hydrogens (tertiary/aromatic N) is 3. The van der Waals surface area contributed by atoms with Crippen molar-refractivity contribution < 1.29 is 4.79 Å². The maximum atomic E-state index is 12.4. The van der Waals surface area contributed by atoms with Crippen LogP contribution in [0.3, 0.4) is 0 Å². The second-order valence-corrected chi connectivity index (χ2v) is 6.00. The largest absolute Gasteiger partial charge is 0.336 e. The van der Waals surface area contributed by atoms with Gasteiger partial charge in [0, 0.05) is 38.1 Å². The zero-order chi connectivity index (χ0) is 14.7. The number of hydrogen-bond acceptors (Lipinski definition) is 4. The summed E-state index contributed by atoms with van der Waals surface area (Å²) >= 11 is 1.35. The molecule has 4 nitrogen and oxygen atoms in total. The van der Waals surface area contributed by atoms with Crippen LogP contribution < -0.4 is 0 Å². The average molecular weight is 301 g/mol. The molecule has 3 rings (SSSR count). The third-order valence-electron chi connectivity index (χ3n) is 3.89. The van der Waals surface area contributed by atoms with Crippen molar-refractivity contribution in [1.29, 1.82) is 0 Å². The summed E-state index contributed by atoms with van der Waals surface area (Å²) in [5.74, 6) is 0.126. The van der Waals surface area contributed by atoms with Crippen molar-refractivity contribution >= 4 is 17.4 Å². The highest BCUT2D eigenvalue weighted by molar-refractivity contribution is 7.03. The normalized spacial score (nSPS) is 16.1. The molecule has 1 aliphatic heterocycles. The quantitative estimate of drug-likeness (QED) is 0.873. The zero-order valence-electron chi connectivity index (χ0n) is 12.2. The van der Waals surface area contributed by atoms with E-state index >= 15 is 0 Å². The SMILES string of the molecule is Cc1nscc1C(=O)N1CCN(Cc2ccccc2)CC1. The lowest BCUT2D eigenvalue weighted by Gasteiger charge is -2.34. The third-order valence-corrected chi connectivity index (χ3v) is 4.61. The summed E-state index contributed by atoms with van der Waals surface area (Å²) in [5.41, 5.74) is 2.93. The summed E-state index contributed by atoms with van der Waals surface area (Å²) in [4.78, 5) is 16.8. The Morgan fingerprint density at radius 2 is 1.90 bits per heavy atom. The van der Waals surface area contributed by atoms with E-state index in [1.807, 2.05) is 23.3 Å². The minimum Gasteiger partial charge on any atom is -0.336 e. The van der Waals surface area contributed by atoms with Gasteiger partial charge in [-0.05, 0) is 24.0 Å². The summed E-state index contributed by atoms with van der Waals surface area (Å²) in [5, 5.41) is 1.86. The summed E-state index contributed by atoms with van der Waals surface area (Å²) in [6.07, 6.45) is 0. The Hall–Kier alpha value is -1.72. The zero-order valence-corrected chi connectivity index (χ0v) is 13.0. The van der Waals surface area contributed by atoms with Crippen LogP contribution in [-0.2, 0) is 6.54 Å². The minimum atomic E-state index is 0.126. The van der Waals surface area contributed by atoms with Crippen LogP contribution in [0.4, 0.5) is 0 Å². The van der Waals surface area contributed by atoms with Crippen LogP contribution >= 0.6 is 11.5 Å². The fourth-order valence-electron chi connectivity index (χ4n) is 2.62. The smallest absolute Gasteiger partial charge is 0.256 e. The molecular formula is C16H19N3OS. The van der Waals surface area contributed by atoms with Gasteiger partial charge in [-0.15, -0.1) is 0 Å². The fourth-order valence-corrected chi connectivity index (χ4v) is 3.30. The lowest BCUT2D eigenvalue weighted by atomic mass is 10.2. The van der Waals surface area contributed by atoms with Crippen LogP contribution in [0.15, 0.2) is 35.7 Å². The van der Waals surface area contributed by atoms with Crippen LogP contribution in [0.2, 0.25) is 0 Å². The molecular weight excluding hydrogens is 282 g/mol. The maximum Gasteiger partial charge on any atom is 0.256 e. The maximum absolute atomic E-state index is 12.4. The highest BCUT2D eigenvalue weighted by Crippen LogP contribution is 2.15. The Morgan fingerprint density at radius 1 is 1.19 bits per heavy atom. The number of aromatic nitrogens is 1. The number of piperazine rings is 1. The van der Waals surface area contributed by atoms with Gasteiger partial charge in [0.1, 0.15) is 0 Å². The molecule has 2 aromatic rings. The number of rotatable bonds is 3. The third kappa shape index (κ3) is 3.31. The summed E-state index contributed by atoms with van der Waals surface area (Å²) < 4.78 is 4.19. The molecule has 0 bridgehead atoms. The number of amides is 1. The number of aryl methyl sites for hydroxylation is 1. The van der Waals surface area contributed by atoms with Crippen molar-refractivity contribution in [1.82, 2.24) is 14.2 Å². The van der Waals surface area contributed by atoms with Gasteiger partial charge in [-0.25, -0.2) is 0 Å². The van der Waals surface area contributed by atoms with Gasteiger partial charge in [0.05, 0.1) is 11.3 Å². The molecule has 21 heavy (non-hydrogen) atoms. The second kappa shape index (κ2) is 6.37. The molecule has 1 aliphatic rings. The summed E-state index contributed by atoms with van der Waals surface area (Å²) in [6.45, 7) is 6.30. The molecule has 0 aliphatic carbocycles. The standard InChI is InChI=1S/C16H19N3OS/c1-13-15(12-21-17-13)16(20)19-9-7-18(8-10-19)11-14-5-3-2-4-6-14/h2-6,12H,7-11H2,1H3. The molecule has 0 atom stereocenters. The first-order chi connectivity index (χ1) is 10.2. The fraction of sp³-hybridized carbons (Fsp3) is 0.375. The lowest BCUT2D eigenvalue weighted by Crippen LogP contribution is -2.48. The highest BCUT2D eigenvalue weighted by atomic mass is 32.1. The monoisotopic (exact) mass is 301 g/mol. The molecule has 5 heteroatoms. The average Bonchev–Trinajstić information content (AvgIpc) is 2.94. The van der Waals surface area contributed by atoms with Crippen LogP contribution in [0.5, 0.6) is 0 Å². The first-order valence-corrected chi connectivity index (χ1v) is 8.04. The van der Waals surface area contributed by atoms with E-state index in [9.17, 15) is 4.79 Å². The van der Waals surface area contributed by atoms with Crippen molar-refractivity contribution in [3.8, 4) is 0 Å². The Kier molecular flexibility index (Phi) is 4.31. The molecule has 0 spiro atoms. The van der Waals surface area contributed by atoms with Gasteiger partial charge in [-0.3, -0.25) is 9.69 Å². The van der Waals surface area contributed by atoms with Gasteiger partial charge in [-0.1, -0.05) is 30.3 Å². The summed E-state index contributed by atoms with van der Waals surface area (Å²) in [6, 6.07) is 10.5. The van der Waals surface area contributed by atoms with Gasteiger partial charge in [0.25, 0.3) is 5.91 Å². The predicted octanol–water partition coefficient (Wildman–Crippen LogP) is 2.41. The molecule has 1 saturated heterocycles. The first-order valence-electron chi connectivity index (χ1n) is 7.20. The van der Waals surface area contributed by atoms with Crippen molar-refractivity contribution in [2.75, 3.05) is 26.2 Å². The topological polar surface area (TPSA) is 36.4 Å². The molecule has 0 saturated carbocycles. The van der Waals surface area contributed by atoms with Crippen molar-refractivity contribution in [2.45, 2.75) is 13.5 Å². The number of hydrogen-bond donors (Lipinski definition) is 0. The number of carbonyl (C=O) groups is 1. The van der Waals surface area contributed by atoms with Crippen LogP contribution in [0.25, 0.3) is 0 Å². The predicted molar refractivity (Wildman–Crippen MR) is 84.5 cm³/mol. The van der Waals surface area contributed by atoms with Crippen molar-refractivity contribution in [3.05, 3.63) is 52.5 Å². The van der Waals surface area contributed by atoms with Gasteiger partial charge in [0.2, 0.25) is 0 Å². The van der Waals surface area contributed by atoms with E-state index in [0.29, 0.717) is 0 Å². The summed E-state index contributed by atoms with van der Waals surface area (Å²) in [7, 11) is 0. The molecule has 2 heterocycles. The Morgan fingerprint density at radius 3 is 2.52 bits per heavy atom. The van der Waals surface area contributed by atoms with Crippen LogP contribution in [0, 0.1) is 6.92 Å². The second-order valence-electron chi connectivity index (χ2n) is 5.37. The van der Waals surface area contributed by atoms with Gasteiger partial charge < -0.3 is 4.90 Å². The molecule has 1 fully saturated rings. The van der Waals surface area contributed by atoms with Gasteiger partial charge >= 0.3 is 0 Å². The van der Waals surface area contributed by atoms with E-state index in [1.54, 1.807) is 0 Å². The van der Waals surface area contributed by atoms with Gasteiger partial charge in [-0.2, -0.15) is 4.37 Å². The number of carbonyl (C=O) groups excluding carboxylic acids is 1. The van der Waals surface area contributed by atoms with Gasteiger partial charge in [0.15, 0.2) is 0 Å². The van der Waals surface area contributed by atoms with E-state index < -0.39 is 0 Å². The van der Waals surface area contributed by atoms with Crippen LogP contribution in [0.1, 0.15) is 21.6 Å². The molecule has 1 aromatic carbocycles. The Bertz CT molecular complexity index is 603. The molecule has 110 valence electrons. The van der Waals surface area contributed by atoms with Crippen molar-refractivity contribution in [3.63, 3.8) is 0 Å². The molecule has 0 N–H and O–H groups in total. The minimum absolute atomic E-state index is 0.126. The molecule has 1 amide bonds. The first kappa shape index (κ1) is 14.2. The van der Waals surface area contributed by atoms with Crippen LogP contribution in [-0.4, -0.2) is 46.3 Å². The lowest BCUT2D eigenvalue weighted by molar-refractivity contribution is 0.0628. The molecule has 0 unspecified atom stereocenters. The molecule has 1 aromatic heterocycles. The van der Waals surface area contributed by atoms with E-state index in [0.717, 1.165) is 44.0 Å². The molecule has 0 radical (unpaired) electrons. The van der Waals surface area contributed by atoms with E-state index in [2.05, 4.69) is 33.5 Å².